The first-order valence-corrected chi connectivity index (χ1v) is 7.48. The van der Waals surface area contributed by atoms with Gasteiger partial charge in [-0.3, -0.25) is 0 Å². The number of hydrogen-bond acceptors (Lipinski definition) is 3. The van der Waals surface area contributed by atoms with E-state index in [9.17, 15) is 18.0 Å². The van der Waals surface area contributed by atoms with Crippen LogP contribution < -0.4 is 9.47 Å². The van der Waals surface area contributed by atoms with Gasteiger partial charge in [0.2, 0.25) is 0 Å². The Morgan fingerprint density at radius 1 is 1.30 bits per heavy atom. The van der Waals surface area contributed by atoms with Crippen LogP contribution in [0.2, 0.25) is 0 Å². The maximum atomic E-state index is 12.5. The van der Waals surface area contributed by atoms with Gasteiger partial charge in [-0.2, -0.15) is 0 Å². The van der Waals surface area contributed by atoms with E-state index in [4.69, 9.17) is 9.84 Å². The summed E-state index contributed by atoms with van der Waals surface area (Å²) < 4.78 is 47.5. The molecule has 2 aliphatic carbocycles. The molecule has 3 unspecified atom stereocenters. The first-order chi connectivity index (χ1) is 10.7. The fraction of sp³-hybridized carbons (Fsp3) is 0.562. The van der Waals surface area contributed by atoms with Crippen LogP contribution in [0.4, 0.5) is 13.2 Å². The van der Waals surface area contributed by atoms with Crippen LogP contribution >= 0.6 is 0 Å². The monoisotopic (exact) mass is 330 g/mol. The van der Waals surface area contributed by atoms with Crippen LogP contribution in [-0.4, -0.2) is 23.0 Å². The number of aromatic carboxylic acids is 1. The van der Waals surface area contributed by atoms with Gasteiger partial charge in [0.25, 0.3) is 0 Å². The van der Waals surface area contributed by atoms with Crippen molar-refractivity contribution in [2.24, 2.45) is 11.8 Å². The van der Waals surface area contributed by atoms with Gasteiger partial charge >= 0.3 is 12.3 Å². The molecule has 0 spiro atoms. The number of ether oxygens (including phenoxy) is 2. The van der Waals surface area contributed by atoms with Crippen LogP contribution in [0.25, 0.3) is 0 Å². The Morgan fingerprint density at radius 3 is 2.57 bits per heavy atom. The van der Waals surface area contributed by atoms with Crippen LogP contribution in [0.5, 0.6) is 11.5 Å². The van der Waals surface area contributed by atoms with Crippen molar-refractivity contribution >= 4 is 5.97 Å². The Balaban J connectivity index is 1.91. The molecule has 3 rings (SSSR count). The quantitative estimate of drug-likeness (QED) is 0.897. The molecule has 0 heterocycles. The summed E-state index contributed by atoms with van der Waals surface area (Å²) in [6.45, 7) is 1.88. The van der Waals surface area contributed by atoms with Gasteiger partial charge in [-0.1, -0.05) is 0 Å². The maximum Gasteiger partial charge on any atom is 0.573 e. The molecule has 2 fully saturated rings. The van der Waals surface area contributed by atoms with Crippen molar-refractivity contribution in [3.05, 3.63) is 23.8 Å². The molecule has 23 heavy (non-hydrogen) atoms. The molecule has 0 radical (unpaired) electrons. The maximum absolute atomic E-state index is 12.5. The summed E-state index contributed by atoms with van der Waals surface area (Å²) in [6.07, 6.45) is -0.997. The standard InChI is InChI=1S/C16H17F3O4/c1-15(8-9-2-4-11(15)6-9)22-13-7-10(14(20)21)3-5-12(13)23-16(17,18)19/h3,5,7,9,11H,2,4,6,8H2,1H3,(H,20,21). The second-order valence-electron chi connectivity index (χ2n) is 6.51. The number of benzene rings is 1. The van der Waals surface area contributed by atoms with Crippen LogP contribution in [0, 0.1) is 11.8 Å². The van der Waals surface area contributed by atoms with Gasteiger partial charge in [-0.25, -0.2) is 4.79 Å². The molecule has 2 aliphatic rings. The average molecular weight is 330 g/mol. The first-order valence-electron chi connectivity index (χ1n) is 7.48. The molecule has 0 aromatic heterocycles. The molecule has 1 N–H and O–H groups in total. The zero-order chi connectivity index (χ0) is 16.8. The van der Waals surface area contributed by atoms with Gasteiger partial charge < -0.3 is 14.6 Å². The highest BCUT2D eigenvalue weighted by molar-refractivity contribution is 5.88. The summed E-state index contributed by atoms with van der Waals surface area (Å²) in [4.78, 5) is 11.1. The minimum atomic E-state index is -4.86. The van der Waals surface area contributed by atoms with E-state index >= 15 is 0 Å². The minimum Gasteiger partial charge on any atom is -0.483 e. The van der Waals surface area contributed by atoms with Crippen LogP contribution in [-0.2, 0) is 0 Å². The van der Waals surface area contributed by atoms with Crippen LogP contribution in [0.1, 0.15) is 43.0 Å². The lowest BCUT2D eigenvalue weighted by Crippen LogP contribution is -2.38. The zero-order valence-electron chi connectivity index (χ0n) is 12.5. The Hall–Kier alpha value is -1.92. The molecular weight excluding hydrogens is 313 g/mol. The van der Waals surface area contributed by atoms with Gasteiger partial charge in [0.15, 0.2) is 11.5 Å². The van der Waals surface area contributed by atoms with E-state index in [1.54, 1.807) is 0 Å². The molecule has 7 heteroatoms. The third-order valence-corrected chi connectivity index (χ3v) is 4.86. The number of carboxylic acids is 1. The Kier molecular flexibility index (Phi) is 3.69. The van der Waals surface area contributed by atoms with Crippen molar-refractivity contribution in [3.8, 4) is 11.5 Å². The third-order valence-electron chi connectivity index (χ3n) is 4.86. The molecule has 3 atom stereocenters. The van der Waals surface area contributed by atoms with Crippen LogP contribution in [0.15, 0.2) is 18.2 Å². The van der Waals surface area contributed by atoms with E-state index in [1.807, 2.05) is 6.92 Å². The summed E-state index contributed by atoms with van der Waals surface area (Å²) in [7, 11) is 0. The Labute approximate surface area is 131 Å². The molecule has 0 aliphatic heterocycles. The number of carbonyl (C=O) groups is 1. The second kappa shape index (κ2) is 5.32. The predicted octanol–water partition coefficient (Wildman–Crippen LogP) is 4.24. The Morgan fingerprint density at radius 2 is 2.04 bits per heavy atom. The molecule has 126 valence electrons. The number of rotatable bonds is 4. The molecular formula is C16H17F3O4. The van der Waals surface area contributed by atoms with E-state index in [0.29, 0.717) is 5.92 Å². The summed E-state index contributed by atoms with van der Waals surface area (Å²) in [6, 6.07) is 3.16. The number of alkyl halides is 3. The normalized spacial score (nSPS) is 29.6. The molecule has 0 amide bonds. The molecule has 0 saturated heterocycles. The summed E-state index contributed by atoms with van der Waals surface area (Å²) in [5, 5.41) is 9.04. The molecule has 2 saturated carbocycles. The second-order valence-corrected chi connectivity index (χ2v) is 6.51. The lowest BCUT2D eigenvalue weighted by Gasteiger charge is -2.35. The molecule has 1 aromatic rings. The van der Waals surface area contributed by atoms with E-state index in [1.165, 1.54) is 0 Å². The van der Waals surface area contributed by atoms with Crippen LogP contribution in [0.3, 0.4) is 0 Å². The molecule has 2 bridgehead atoms. The number of fused-ring (bicyclic) bond motifs is 2. The van der Waals surface area contributed by atoms with Crippen molar-refractivity contribution < 1.29 is 32.5 Å². The van der Waals surface area contributed by atoms with E-state index in [0.717, 1.165) is 43.9 Å². The highest BCUT2D eigenvalue weighted by Crippen LogP contribution is 2.53. The zero-order valence-corrected chi connectivity index (χ0v) is 12.5. The van der Waals surface area contributed by atoms with Crippen molar-refractivity contribution in [1.29, 1.82) is 0 Å². The van der Waals surface area contributed by atoms with Crippen molar-refractivity contribution in [1.82, 2.24) is 0 Å². The van der Waals surface area contributed by atoms with Gasteiger partial charge in [-0.15, -0.1) is 13.2 Å². The lowest BCUT2D eigenvalue weighted by atomic mass is 9.85. The Bertz CT molecular complexity index is 628. The SMILES string of the molecule is CC1(Oc2cc(C(=O)O)ccc2OC(F)(F)F)CC2CCC1C2. The highest BCUT2D eigenvalue weighted by Gasteiger charge is 2.50. The van der Waals surface area contributed by atoms with Gasteiger partial charge in [0, 0.05) is 0 Å². The van der Waals surface area contributed by atoms with Crippen molar-refractivity contribution in [2.75, 3.05) is 0 Å². The van der Waals surface area contributed by atoms with Crippen molar-refractivity contribution in [3.63, 3.8) is 0 Å². The number of halogens is 3. The fourth-order valence-electron chi connectivity index (χ4n) is 3.86. The molecule has 1 aromatic carbocycles. The third kappa shape index (κ3) is 3.23. The van der Waals surface area contributed by atoms with Gasteiger partial charge in [0.05, 0.1) is 5.56 Å². The first kappa shape index (κ1) is 16.0. The lowest BCUT2D eigenvalue weighted by molar-refractivity contribution is -0.275. The number of hydrogen-bond donors (Lipinski definition) is 1. The van der Waals surface area contributed by atoms with E-state index in [2.05, 4.69) is 4.74 Å². The summed E-state index contributed by atoms with van der Waals surface area (Å²) in [5.74, 6) is -1.10. The average Bonchev–Trinajstić information content (AvgIpc) is 2.98. The topological polar surface area (TPSA) is 55.8 Å². The minimum absolute atomic E-state index is 0.138. The smallest absolute Gasteiger partial charge is 0.483 e. The summed E-state index contributed by atoms with van der Waals surface area (Å²) >= 11 is 0. The van der Waals surface area contributed by atoms with E-state index in [-0.39, 0.29) is 17.2 Å². The largest absolute Gasteiger partial charge is 0.573 e. The number of carboxylic acid groups (broad SMARTS) is 1. The van der Waals surface area contributed by atoms with Gasteiger partial charge in [-0.05, 0) is 62.6 Å². The summed E-state index contributed by atoms with van der Waals surface area (Å²) in [5.41, 5.74) is -0.717. The van der Waals surface area contributed by atoms with Crippen molar-refractivity contribution in [2.45, 2.75) is 44.6 Å². The fourth-order valence-corrected chi connectivity index (χ4v) is 3.86. The van der Waals surface area contributed by atoms with E-state index < -0.39 is 23.7 Å². The predicted molar refractivity (Wildman–Crippen MR) is 74.6 cm³/mol. The van der Waals surface area contributed by atoms with Gasteiger partial charge in [0.1, 0.15) is 5.60 Å². The molecule has 4 nitrogen and oxygen atoms in total. The highest BCUT2D eigenvalue weighted by atomic mass is 19.4.